The number of nitrogens with zero attached hydrogens (tertiary/aromatic N) is 1. The van der Waals surface area contributed by atoms with Crippen LogP contribution in [0.3, 0.4) is 0 Å². The topological polar surface area (TPSA) is 172 Å². The Morgan fingerprint density at radius 1 is 1.14 bits per heavy atom. The number of para-hydroxylation sites is 1. The van der Waals surface area contributed by atoms with Crippen LogP contribution in [0.15, 0.2) is 78.7 Å². The van der Waals surface area contributed by atoms with E-state index in [1.807, 2.05) is 18.2 Å². The van der Waals surface area contributed by atoms with Crippen molar-refractivity contribution in [1.29, 1.82) is 5.41 Å². The first-order chi connectivity index (χ1) is 20.0. The number of rotatable bonds is 11. The predicted octanol–water partition coefficient (Wildman–Crippen LogP) is 2.61. The van der Waals surface area contributed by atoms with Crippen molar-refractivity contribution in [2.75, 3.05) is 19.3 Å². The van der Waals surface area contributed by atoms with Gasteiger partial charge in [-0.05, 0) is 48.9 Å². The molecule has 13 heteroatoms. The van der Waals surface area contributed by atoms with Crippen LogP contribution in [0, 0.1) is 5.41 Å². The molecule has 0 radical (unpaired) electrons. The van der Waals surface area contributed by atoms with Crippen molar-refractivity contribution in [3.63, 3.8) is 0 Å². The minimum absolute atomic E-state index is 0.0831. The van der Waals surface area contributed by atoms with E-state index in [4.69, 9.17) is 15.9 Å². The summed E-state index contributed by atoms with van der Waals surface area (Å²) in [7, 11) is -3.56. The number of carbonyl (C=O) groups excluding carboxylic acids is 3. The zero-order chi connectivity index (χ0) is 30.4. The van der Waals surface area contributed by atoms with Gasteiger partial charge in [0.25, 0.3) is 5.91 Å². The van der Waals surface area contributed by atoms with Crippen LogP contribution in [0.25, 0.3) is 0 Å². The summed E-state index contributed by atoms with van der Waals surface area (Å²) >= 11 is 1.28. The van der Waals surface area contributed by atoms with E-state index in [0.717, 1.165) is 6.26 Å². The Bertz CT molecular complexity index is 1590. The molecule has 0 unspecified atom stereocenters. The van der Waals surface area contributed by atoms with Crippen molar-refractivity contribution >= 4 is 44.7 Å². The minimum atomic E-state index is -3.56. The highest BCUT2D eigenvalue weighted by Crippen LogP contribution is 2.27. The molecule has 1 aliphatic heterocycles. The highest BCUT2D eigenvalue weighted by Gasteiger charge is 2.43. The van der Waals surface area contributed by atoms with Crippen LogP contribution in [0.2, 0.25) is 0 Å². The number of hydrogen-bond donors (Lipinski definition) is 4. The summed E-state index contributed by atoms with van der Waals surface area (Å²) in [5.74, 6) is -0.604. The molecule has 3 aromatic rings. The first-order valence-electron chi connectivity index (χ1n) is 12.9. The average Bonchev–Trinajstić information content (AvgIpc) is 3.64. The molecule has 1 aromatic heterocycles. The van der Waals surface area contributed by atoms with Crippen molar-refractivity contribution in [3.05, 3.63) is 94.7 Å². The van der Waals surface area contributed by atoms with Gasteiger partial charge in [0.15, 0.2) is 9.84 Å². The highest BCUT2D eigenvalue weighted by atomic mass is 32.2. The maximum atomic E-state index is 13.3. The normalized spacial score (nSPS) is 17.2. The van der Waals surface area contributed by atoms with E-state index in [1.54, 1.807) is 47.8 Å². The largest absolute Gasteiger partial charge is 0.457 e. The van der Waals surface area contributed by atoms with Crippen LogP contribution >= 0.6 is 11.3 Å². The predicted molar refractivity (Wildman–Crippen MR) is 160 cm³/mol. The number of nitrogen functional groups attached to an aromatic ring is 1. The van der Waals surface area contributed by atoms with Crippen molar-refractivity contribution in [3.8, 4) is 11.5 Å². The Morgan fingerprint density at radius 3 is 2.40 bits per heavy atom. The van der Waals surface area contributed by atoms with Crippen LogP contribution in [0.5, 0.6) is 11.5 Å². The molecule has 2 heterocycles. The van der Waals surface area contributed by atoms with E-state index < -0.39 is 51.4 Å². The first-order valence-corrected chi connectivity index (χ1v) is 15.7. The minimum Gasteiger partial charge on any atom is -0.457 e. The SMILES string of the molecule is C=C[C@@H](NC(=O)[C@@H]1C[C@@H](S(C)(=O)=O)CN1C(=O)CNC(=O)c1ccc(Oc2ccccc2)cc1)c1cc(C(=N)N)cs1. The van der Waals surface area contributed by atoms with E-state index in [0.29, 0.717) is 27.5 Å². The third kappa shape index (κ3) is 7.42. The molecule has 1 saturated heterocycles. The summed E-state index contributed by atoms with van der Waals surface area (Å²) in [6.07, 6.45) is 2.48. The number of sulfone groups is 1. The number of thiophene rings is 1. The number of benzene rings is 2. The van der Waals surface area contributed by atoms with Crippen molar-refractivity contribution in [2.45, 2.75) is 23.8 Å². The summed E-state index contributed by atoms with van der Waals surface area (Å²) < 4.78 is 30.4. The molecule has 1 aliphatic rings. The second kappa shape index (κ2) is 13.0. The van der Waals surface area contributed by atoms with Crippen molar-refractivity contribution in [1.82, 2.24) is 15.5 Å². The molecule has 2 aromatic carbocycles. The summed E-state index contributed by atoms with van der Waals surface area (Å²) in [5.41, 5.74) is 6.33. The summed E-state index contributed by atoms with van der Waals surface area (Å²) in [6, 6.07) is 15.5. The lowest BCUT2D eigenvalue weighted by Gasteiger charge is -2.25. The van der Waals surface area contributed by atoms with E-state index in [-0.39, 0.29) is 18.8 Å². The maximum absolute atomic E-state index is 13.3. The van der Waals surface area contributed by atoms with Crippen LogP contribution in [0.1, 0.15) is 33.3 Å². The molecular formula is C29H31N5O6S2. The molecule has 220 valence electrons. The zero-order valence-corrected chi connectivity index (χ0v) is 24.4. The second-order valence-corrected chi connectivity index (χ2v) is 13.0. The fourth-order valence-corrected chi connectivity index (χ4v) is 6.36. The molecule has 1 fully saturated rings. The van der Waals surface area contributed by atoms with E-state index in [1.165, 1.54) is 22.3 Å². The fourth-order valence-electron chi connectivity index (χ4n) is 4.44. The molecular weight excluding hydrogens is 578 g/mol. The molecule has 0 spiro atoms. The lowest BCUT2D eigenvalue weighted by Crippen LogP contribution is -2.49. The van der Waals surface area contributed by atoms with E-state index in [9.17, 15) is 22.8 Å². The van der Waals surface area contributed by atoms with Gasteiger partial charge in [-0.2, -0.15) is 0 Å². The lowest BCUT2D eigenvalue weighted by atomic mass is 10.1. The van der Waals surface area contributed by atoms with Gasteiger partial charge in [-0.1, -0.05) is 24.3 Å². The summed E-state index contributed by atoms with van der Waals surface area (Å²) in [6.45, 7) is 3.15. The molecule has 3 amide bonds. The molecule has 4 rings (SSSR count). The number of ether oxygens (including phenoxy) is 1. The fraction of sp³-hybridized carbons (Fsp3) is 0.241. The quantitative estimate of drug-likeness (QED) is 0.147. The molecule has 0 aliphatic carbocycles. The van der Waals surface area contributed by atoms with Gasteiger partial charge in [0.1, 0.15) is 23.4 Å². The third-order valence-corrected chi connectivity index (χ3v) is 9.33. The van der Waals surface area contributed by atoms with Gasteiger partial charge >= 0.3 is 0 Å². The number of carbonyl (C=O) groups is 3. The smallest absolute Gasteiger partial charge is 0.251 e. The Balaban J connectivity index is 1.41. The van der Waals surface area contributed by atoms with Gasteiger partial charge in [-0.3, -0.25) is 19.8 Å². The lowest BCUT2D eigenvalue weighted by molar-refractivity contribution is -0.137. The van der Waals surface area contributed by atoms with Gasteiger partial charge in [-0.25, -0.2) is 8.42 Å². The van der Waals surface area contributed by atoms with E-state index in [2.05, 4.69) is 17.2 Å². The maximum Gasteiger partial charge on any atom is 0.251 e. The van der Waals surface area contributed by atoms with Crippen molar-refractivity contribution in [2.24, 2.45) is 5.73 Å². The number of amides is 3. The van der Waals surface area contributed by atoms with Gasteiger partial charge in [-0.15, -0.1) is 17.9 Å². The Hall–Kier alpha value is -4.49. The summed E-state index contributed by atoms with van der Waals surface area (Å²) in [4.78, 5) is 41.1. The molecule has 0 saturated carbocycles. The van der Waals surface area contributed by atoms with Gasteiger partial charge in [0.2, 0.25) is 11.8 Å². The first kappa shape index (κ1) is 30.5. The van der Waals surface area contributed by atoms with Crippen LogP contribution < -0.4 is 21.1 Å². The summed E-state index contributed by atoms with van der Waals surface area (Å²) in [5, 5.41) is 13.7. The second-order valence-electron chi connectivity index (χ2n) is 9.74. The van der Waals surface area contributed by atoms with Gasteiger partial charge in [0, 0.05) is 34.2 Å². The van der Waals surface area contributed by atoms with Gasteiger partial charge in [0.05, 0.1) is 17.8 Å². The number of likely N-dealkylation sites (tertiary alicyclic amines) is 1. The van der Waals surface area contributed by atoms with Gasteiger partial charge < -0.3 is 26.0 Å². The molecule has 0 bridgehead atoms. The Kier molecular flexibility index (Phi) is 9.43. The van der Waals surface area contributed by atoms with Crippen LogP contribution in [-0.4, -0.2) is 67.5 Å². The average molecular weight is 610 g/mol. The third-order valence-electron chi connectivity index (χ3n) is 6.76. The van der Waals surface area contributed by atoms with E-state index >= 15 is 0 Å². The molecule has 11 nitrogen and oxygen atoms in total. The zero-order valence-electron chi connectivity index (χ0n) is 22.8. The van der Waals surface area contributed by atoms with Crippen LogP contribution in [-0.2, 0) is 19.4 Å². The monoisotopic (exact) mass is 609 g/mol. The number of amidine groups is 1. The Morgan fingerprint density at radius 2 is 1.81 bits per heavy atom. The highest BCUT2D eigenvalue weighted by molar-refractivity contribution is 7.91. The van der Waals surface area contributed by atoms with Crippen molar-refractivity contribution < 1.29 is 27.5 Å². The van der Waals surface area contributed by atoms with Crippen LogP contribution in [0.4, 0.5) is 0 Å². The molecule has 5 N–H and O–H groups in total. The number of nitrogens with two attached hydrogens (primary N) is 1. The number of nitrogens with one attached hydrogen (secondary N) is 3. The number of hydrogen-bond acceptors (Lipinski definition) is 8. The molecule has 3 atom stereocenters. The standard InChI is InChI=1S/C29H31N5O6S2/c1-3-23(25-13-19(17-41-25)27(30)31)33-29(37)24-14-22(42(2,38)39)16-34(24)26(35)15-32-28(36)18-9-11-21(12-10-18)40-20-7-5-4-6-8-20/h3-13,17,22-24H,1,14-16H2,2H3,(H3,30,31)(H,32,36)(H,33,37)/t22-,23-,24+/m1/s1. The Labute approximate surface area is 247 Å². The molecule has 42 heavy (non-hydrogen) atoms.